The second-order valence-corrected chi connectivity index (χ2v) is 7.56. The fourth-order valence-electron chi connectivity index (χ4n) is 3.45. The van der Waals surface area contributed by atoms with Crippen molar-refractivity contribution < 1.29 is 4.74 Å². The molecule has 0 bridgehead atoms. The summed E-state index contributed by atoms with van der Waals surface area (Å²) in [7, 11) is 0. The van der Waals surface area contributed by atoms with E-state index in [0.29, 0.717) is 12.1 Å². The molecule has 0 radical (unpaired) electrons. The number of hydrogen-bond acceptors (Lipinski definition) is 6. The molecule has 2 aliphatic heterocycles. The van der Waals surface area contributed by atoms with E-state index in [0.717, 1.165) is 43.9 Å². The fraction of sp³-hybridized carbons (Fsp3) is 0.579. The summed E-state index contributed by atoms with van der Waals surface area (Å²) in [6.07, 6.45) is 7.89. The summed E-state index contributed by atoms with van der Waals surface area (Å²) < 4.78 is 9.13. The molecule has 6 heteroatoms. The summed E-state index contributed by atoms with van der Waals surface area (Å²) in [4.78, 5) is 2.39. The fourth-order valence-corrected chi connectivity index (χ4v) is 3.93. The van der Waals surface area contributed by atoms with Crippen molar-refractivity contribution in [3.05, 3.63) is 35.5 Å². The number of anilines is 1. The molecule has 5 nitrogen and oxygen atoms in total. The lowest BCUT2D eigenvalue weighted by Crippen LogP contribution is -2.56. The molecule has 0 saturated carbocycles. The molecule has 2 aliphatic rings. The average molecular weight is 363 g/mol. The van der Waals surface area contributed by atoms with Gasteiger partial charge >= 0.3 is 0 Å². The van der Waals surface area contributed by atoms with E-state index in [1.165, 1.54) is 24.1 Å². The van der Waals surface area contributed by atoms with Crippen molar-refractivity contribution in [1.29, 1.82) is 0 Å². The topological polar surface area (TPSA) is 62.5 Å². The maximum absolute atomic E-state index is 6.28. The van der Waals surface area contributed by atoms with Crippen molar-refractivity contribution in [1.82, 2.24) is 10.0 Å². The monoisotopic (exact) mass is 362 g/mol. The minimum Gasteiger partial charge on any atom is -0.397 e. The second kappa shape index (κ2) is 8.83. The predicted octanol–water partition coefficient (Wildman–Crippen LogP) is 2.47. The van der Waals surface area contributed by atoms with Crippen LogP contribution in [0.25, 0.3) is 5.70 Å². The van der Waals surface area contributed by atoms with Crippen molar-refractivity contribution in [2.45, 2.75) is 38.3 Å². The molecule has 1 atom stereocenters. The largest absolute Gasteiger partial charge is 0.397 e. The molecule has 0 aromatic heterocycles. The molecule has 2 saturated heterocycles. The zero-order valence-corrected chi connectivity index (χ0v) is 16.1. The first-order chi connectivity index (χ1) is 12.2. The van der Waals surface area contributed by atoms with Crippen LogP contribution in [0, 0.1) is 6.92 Å². The lowest BCUT2D eigenvalue weighted by Gasteiger charge is -2.41. The van der Waals surface area contributed by atoms with Crippen molar-refractivity contribution in [3.63, 3.8) is 0 Å². The first kappa shape index (κ1) is 18.4. The lowest BCUT2D eigenvalue weighted by atomic mass is 10.0. The Hall–Kier alpha value is -1.37. The van der Waals surface area contributed by atoms with E-state index in [2.05, 4.69) is 46.3 Å². The molecule has 25 heavy (non-hydrogen) atoms. The molecule has 2 fully saturated rings. The average Bonchev–Trinajstić information content (AvgIpc) is 2.58. The van der Waals surface area contributed by atoms with E-state index in [-0.39, 0.29) is 0 Å². The number of nitrogens with zero attached hydrogens (tertiary/aromatic N) is 1. The zero-order valence-electron chi connectivity index (χ0n) is 15.3. The van der Waals surface area contributed by atoms with Gasteiger partial charge in [-0.3, -0.25) is 4.72 Å². The van der Waals surface area contributed by atoms with Gasteiger partial charge in [0.15, 0.2) is 0 Å². The molecule has 1 aromatic rings. The van der Waals surface area contributed by atoms with Crippen LogP contribution in [-0.4, -0.2) is 44.6 Å². The summed E-state index contributed by atoms with van der Waals surface area (Å²) in [6.45, 7) is 5.97. The normalized spacial score (nSPS) is 21.9. The van der Waals surface area contributed by atoms with Crippen molar-refractivity contribution in [2.24, 2.45) is 5.73 Å². The number of rotatable bonds is 7. The Morgan fingerprint density at radius 1 is 1.40 bits per heavy atom. The third kappa shape index (κ3) is 4.84. The molecule has 3 rings (SSSR count). The summed E-state index contributed by atoms with van der Waals surface area (Å²) in [5.41, 5.74) is 10.6. The first-order valence-corrected chi connectivity index (χ1v) is 10.3. The molecule has 0 amide bonds. The number of nitrogens with two attached hydrogens (primary N) is 1. The number of nitrogens with one attached hydrogen (secondary N) is 2. The third-order valence-corrected chi connectivity index (χ3v) is 5.50. The predicted molar refractivity (Wildman–Crippen MR) is 108 cm³/mol. The Kier molecular flexibility index (Phi) is 6.51. The minimum absolute atomic E-state index is 0.315. The molecule has 138 valence electrons. The van der Waals surface area contributed by atoms with Gasteiger partial charge in [-0.1, -0.05) is 18.0 Å². The van der Waals surface area contributed by atoms with E-state index in [4.69, 9.17) is 10.5 Å². The van der Waals surface area contributed by atoms with Crippen molar-refractivity contribution >= 4 is 23.3 Å². The van der Waals surface area contributed by atoms with Crippen LogP contribution in [0.15, 0.2) is 24.4 Å². The van der Waals surface area contributed by atoms with Gasteiger partial charge < -0.3 is 20.7 Å². The molecular weight excluding hydrogens is 332 g/mol. The molecule has 1 aromatic carbocycles. The summed E-state index contributed by atoms with van der Waals surface area (Å²) >= 11 is 1.69. The number of ether oxygens (including phenoxy) is 1. The molecular formula is C19H30N4OS. The van der Waals surface area contributed by atoms with Gasteiger partial charge in [-0.15, -0.1) is 0 Å². The maximum atomic E-state index is 6.28. The van der Waals surface area contributed by atoms with Gasteiger partial charge in [-0.05, 0) is 50.1 Å². The van der Waals surface area contributed by atoms with Crippen molar-refractivity contribution in [2.75, 3.05) is 37.4 Å². The van der Waals surface area contributed by atoms with Gasteiger partial charge in [0.25, 0.3) is 0 Å². The number of benzene rings is 1. The second-order valence-electron chi connectivity index (χ2n) is 6.92. The quantitative estimate of drug-likeness (QED) is 0.648. The van der Waals surface area contributed by atoms with Crippen LogP contribution in [-0.2, 0) is 4.74 Å². The van der Waals surface area contributed by atoms with Crippen LogP contribution in [0.1, 0.15) is 30.4 Å². The van der Waals surface area contributed by atoms with Gasteiger partial charge in [0.2, 0.25) is 0 Å². The Morgan fingerprint density at radius 2 is 2.24 bits per heavy atom. The van der Waals surface area contributed by atoms with E-state index in [9.17, 15) is 0 Å². The Labute approximate surface area is 155 Å². The van der Waals surface area contributed by atoms with Crippen molar-refractivity contribution in [3.8, 4) is 0 Å². The Bertz CT molecular complexity index is 595. The highest BCUT2D eigenvalue weighted by Crippen LogP contribution is 2.26. The SMILES string of the molecule is CSNC1CN(c2ccc(/C(N)=C/NCC3CCCCO3)c(C)c2)C1. The van der Waals surface area contributed by atoms with E-state index in [1.807, 2.05) is 6.20 Å². The zero-order chi connectivity index (χ0) is 17.6. The lowest BCUT2D eigenvalue weighted by molar-refractivity contribution is 0.0188. The number of aryl methyl sites for hydroxylation is 1. The van der Waals surface area contributed by atoms with Gasteiger partial charge in [0, 0.05) is 43.7 Å². The van der Waals surface area contributed by atoms with Crippen LogP contribution < -0.4 is 20.7 Å². The van der Waals surface area contributed by atoms with Gasteiger partial charge in [-0.25, -0.2) is 0 Å². The van der Waals surface area contributed by atoms with Crippen LogP contribution in [0.4, 0.5) is 5.69 Å². The molecule has 0 spiro atoms. The summed E-state index contributed by atoms with van der Waals surface area (Å²) in [5, 5.41) is 3.33. The van der Waals surface area contributed by atoms with E-state index < -0.39 is 0 Å². The Balaban J connectivity index is 1.53. The highest BCUT2D eigenvalue weighted by atomic mass is 32.2. The van der Waals surface area contributed by atoms with Crippen LogP contribution in [0.2, 0.25) is 0 Å². The Morgan fingerprint density at radius 3 is 2.92 bits per heavy atom. The number of hydrogen-bond donors (Lipinski definition) is 3. The standard InChI is InChI=1S/C19H30N4OS/c1-14-9-16(23-12-15(13-23)22-25-2)6-7-18(14)19(20)11-21-10-17-5-3-4-8-24-17/h6-7,9,11,15,17,21-22H,3-5,8,10,12-13,20H2,1-2H3/b19-11-. The first-order valence-electron chi connectivity index (χ1n) is 9.12. The van der Waals surface area contributed by atoms with Crippen LogP contribution in [0.3, 0.4) is 0 Å². The molecule has 0 aliphatic carbocycles. The molecule has 4 N–H and O–H groups in total. The highest BCUT2D eigenvalue weighted by Gasteiger charge is 2.26. The van der Waals surface area contributed by atoms with Crippen LogP contribution >= 0.6 is 11.9 Å². The minimum atomic E-state index is 0.315. The summed E-state index contributed by atoms with van der Waals surface area (Å²) in [6, 6.07) is 7.12. The van der Waals surface area contributed by atoms with Gasteiger partial charge in [0.1, 0.15) is 0 Å². The molecule has 1 unspecified atom stereocenters. The van der Waals surface area contributed by atoms with Gasteiger partial charge in [0.05, 0.1) is 17.8 Å². The highest BCUT2D eigenvalue weighted by molar-refractivity contribution is 7.96. The van der Waals surface area contributed by atoms with Crippen LogP contribution in [0.5, 0.6) is 0 Å². The van der Waals surface area contributed by atoms with E-state index in [1.54, 1.807) is 11.9 Å². The third-order valence-electron chi connectivity index (χ3n) is 4.93. The maximum Gasteiger partial charge on any atom is 0.0747 e. The summed E-state index contributed by atoms with van der Waals surface area (Å²) in [5.74, 6) is 0. The van der Waals surface area contributed by atoms with Gasteiger partial charge in [-0.2, -0.15) is 0 Å². The van der Waals surface area contributed by atoms with E-state index >= 15 is 0 Å². The smallest absolute Gasteiger partial charge is 0.0747 e. The molecule has 2 heterocycles.